The Morgan fingerprint density at radius 3 is 2.41 bits per heavy atom. The molecule has 1 aliphatic rings. The number of nitrogens with zero attached hydrogens (tertiary/aromatic N) is 2. The molecule has 6 nitrogen and oxygen atoms in total. The van der Waals surface area contributed by atoms with Gasteiger partial charge in [0, 0.05) is 49.7 Å². The van der Waals surface area contributed by atoms with Gasteiger partial charge >= 0.3 is 0 Å². The van der Waals surface area contributed by atoms with Gasteiger partial charge in [-0.25, -0.2) is 0 Å². The Hall–Kier alpha value is -2.73. The van der Waals surface area contributed by atoms with Crippen LogP contribution in [-0.2, 0) is 4.79 Å². The summed E-state index contributed by atoms with van der Waals surface area (Å²) in [6.45, 7) is 3.40. The fourth-order valence-electron chi connectivity index (χ4n) is 3.39. The number of carbonyl (C=O) groups excluding carboxylic acids is 2. The van der Waals surface area contributed by atoms with Gasteiger partial charge in [0.15, 0.2) is 0 Å². The van der Waals surface area contributed by atoms with Crippen LogP contribution in [0.2, 0.25) is 5.02 Å². The molecule has 0 unspecified atom stereocenters. The number of rotatable bonds is 7. The molecule has 0 atom stereocenters. The molecule has 1 heterocycles. The van der Waals surface area contributed by atoms with Crippen LogP contribution >= 0.6 is 11.6 Å². The van der Waals surface area contributed by atoms with Gasteiger partial charge in [0.1, 0.15) is 5.75 Å². The van der Waals surface area contributed by atoms with Gasteiger partial charge in [-0.3, -0.25) is 9.59 Å². The number of carbonyl (C=O) groups is 2. The van der Waals surface area contributed by atoms with E-state index in [4.69, 9.17) is 16.3 Å². The second-order valence-corrected chi connectivity index (χ2v) is 7.34. The molecule has 0 aliphatic carbocycles. The predicted octanol–water partition coefficient (Wildman–Crippen LogP) is 3.21. The third kappa shape index (κ3) is 5.64. The van der Waals surface area contributed by atoms with Crippen molar-refractivity contribution < 1.29 is 14.3 Å². The summed E-state index contributed by atoms with van der Waals surface area (Å²) in [5.41, 5.74) is 1.63. The first-order valence-corrected chi connectivity index (χ1v) is 10.2. The molecule has 0 saturated carbocycles. The summed E-state index contributed by atoms with van der Waals surface area (Å²) in [4.78, 5) is 28.7. The van der Waals surface area contributed by atoms with Crippen molar-refractivity contribution in [3.05, 3.63) is 59.1 Å². The van der Waals surface area contributed by atoms with Crippen LogP contribution < -0.4 is 15.0 Å². The van der Waals surface area contributed by atoms with Gasteiger partial charge in [-0.1, -0.05) is 23.7 Å². The molecule has 2 aromatic carbocycles. The molecular formula is C22H26ClN3O3. The van der Waals surface area contributed by atoms with Gasteiger partial charge in [-0.2, -0.15) is 0 Å². The molecule has 3 rings (SSSR count). The molecule has 29 heavy (non-hydrogen) atoms. The Bertz CT molecular complexity index is 833. The molecule has 2 amide bonds. The smallest absolute Gasteiger partial charge is 0.251 e. The van der Waals surface area contributed by atoms with Gasteiger partial charge in [-0.05, 0) is 42.8 Å². The normalized spacial score (nSPS) is 13.9. The van der Waals surface area contributed by atoms with E-state index in [2.05, 4.69) is 10.2 Å². The van der Waals surface area contributed by atoms with Crippen LogP contribution in [0.4, 0.5) is 5.69 Å². The predicted molar refractivity (Wildman–Crippen MR) is 115 cm³/mol. The first-order chi connectivity index (χ1) is 14.1. The fourth-order valence-corrected chi connectivity index (χ4v) is 3.52. The minimum absolute atomic E-state index is 0.130. The van der Waals surface area contributed by atoms with E-state index < -0.39 is 0 Å². The molecule has 7 heteroatoms. The SMILES string of the molecule is COc1ccccc1N1CCN(C(=O)CCCNC(=O)c2ccc(Cl)cc2)CC1. The van der Waals surface area contributed by atoms with Crippen LogP contribution in [0.3, 0.4) is 0 Å². The number of anilines is 1. The third-order valence-electron chi connectivity index (χ3n) is 5.02. The number of hydrogen-bond donors (Lipinski definition) is 1. The number of piperazine rings is 1. The Balaban J connectivity index is 1.39. The maximum absolute atomic E-state index is 12.5. The second kappa shape index (κ2) is 10.2. The van der Waals surface area contributed by atoms with E-state index >= 15 is 0 Å². The van der Waals surface area contributed by atoms with E-state index in [0.29, 0.717) is 43.1 Å². The van der Waals surface area contributed by atoms with Crippen molar-refractivity contribution in [2.75, 3.05) is 44.7 Å². The van der Waals surface area contributed by atoms with Crippen molar-refractivity contribution in [3.63, 3.8) is 0 Å². The van der Waals surface area contributed by atoms with Gasteiger partial charge in [0.05, 0.1) is 12.8 Å². The van der Waals surface area contributed by atoms with Crippen molar-refractivity contribution in [1.82, 2.24) is 10.2 Å². The van der Waals surface area contributed by atoms with Crippen LogP contribution in [0.15, 0.2) is 48.5 Å². The highest BCUT2D eigenvalue weighted by molar-refractivity contribution is 6.30. The van der Waals surface area contributed by atoms with E-state index in [1.807, 2.05) is 29.2 Å². The summed E-state index contributed by atoms with van der Waals surface area (Å²) < 4.78 is 5.43. The van der Waals surface area contributed by atoms with Gasteiger partial charge < -0.3 is 19.9 Å². The molecular weight excluding hydrogens is 390 g/mol. The van der Waals surface area contributed by atoms with Crippen molar-refractivity contribution in [1.29, 1.82) is 0 Å². The minimum atomic E-state index is -0.153. The summed E-state index contributed by atoms with van der Waals surface area (Å²) in [5, 5.41) is 3.44. The molecule has 1 aliphatic heterocycles. The first kappa shape index (κ1) is 21.0. The zero-order valence-electron chi connectivity index (χ0n) is 16.6. The van der Waals surface area contributed by atoms with E-state index in [1.165, 1.54) is 0 Å². The standard InChI is InChI=1S/C22H26ClN3O3/c1-29-20-6-3-2-5-19(20)25-13-15-26(16-14-25)21(27)7-4-12-24-22(28)17-8-10-18(23)11-9-17/h2-3,5-6,8-11H,4,7,12-16H2,1H3,(H,24,28). The number of amides is 2. The summed E-state index contributed by atoms with van der Waals surface area (Å²) in [5.74, 6) is 0.827. The molecule has 0 bridgehead atoms. The van der Waals surface area contributed by atoms with E-state index in [1.54, 1.807) is 31.4 Å². The van der Waals surface area contributed by atoms with Crippen molar-refractivity contribution >= 4 is 29.1 Å². The number of hydrogen-bond acceptors (Lipinski definition) is 4. The van der Waals surface area contributed by atoms with Gasteiger partial charge in [0.25, 0.3) is 5.91 Å². The molecule has 0 spiro atoms. The highest BCUT2D eigenvalue weighted by atomic mass is 35.5. The quantitative estimate of drug-likeness (QED) is 0.705. The summed E-state index contributed by atoms with van der Waals surface area (Å²) in [7, 11) is 1.67. The van der Waals surface area contributed by atoms with E-state index in [0.717, 1.165) is 24.5 Å². The lowest BCUT2D eigenvalue weighted by Crippen LogP contribution is -2.49. The lowest BCUT2D eigenvalue weighted by Gasteiger charge is -2.36. The number of halogens is 1. The average molecular weight is 416 g/mol. The maximum atomic E-state index is 12.5. The Kier molecular flexibility index (Phi) is 7.36. The minimum Gasteiger partial charge on any atom is -0.495 e. The number of para-hydroxylation sites is 2. The zero-order valence-corrected chi connectivity index (χ0v) is 17.3. The molecule has 0 radical (unpaired) electrons. The van der Waals surface area contributed by atoms with Crippen molar-refractivity contribution in [3.8, 4) is 5.75 Å². The van der Waals surface area contributed by atoms with Crippen LogP contribution in [-0.4, -0.2) is 56.5 Å². The number of ether oxygens (including phenoxy) is 1. The summed E-state index contributed by atoms with van der Waals surface area (Å²) >= 11 is 5.83. The summed E-state index contributed by atoms with van der Waals surface area (Å²) in [6.07, 6.45) is 1.04. The molecule has 1 N–H and O–H groups in total. The van der Waals surface area contributed by atoms with Crippen LogP contribution in [0.1, 0.15) is 23.2 Å². The first-order valence-electron chi connectivity index (χ1n) is 9.78. The Morgan fingerprint density at radius 2 is 1.72 bits per heavy atom. The molecule has 154 valence electrons. The Labute approximate surface area is 176 Å². The molecule has 0 aromatic heterocycles. The Morgan fingerprint density at radius 1 is 1.03 bits per heavy atom. The van der Waals surface area contributed by atoms with Crippen LogP contribution in [0.5, 0.6) is 5.75 Å². The van der Waals surface area contributed by atoms with E-state index in [9.17, 15) is 9.59 Å². The maximum Gasteiger partial charge on any atom is 0.251 e. The number of methoxy groups -OCH3 is 1. The molecule has 1 fully saturated rings. The molecule has 2 aromatic rings. The number of nitrogens with one attached hydrogen (secondary N) is 1. The second-order valence-electron chi connectivity index (χ2n) is 6.91. The topological polar surface area (TPSA) is 61.9 Å². The van der Waals surface area contributed by atoms with Crippen molar-refractivity contribution in [2.45, 2.75) is 12.8 Å². The van der Waals surface area contributed by atoms with Crippen molar-refractivity contribution in [2.24, 2.45) is 0 Å². The van der Waals surface area contributed by atoms with Gasteiger partial charge in [-0.15, -0.1) is 0 Å². The highest BCUT2D eigenvalue weighted by Crippen LogP contribution is 2.28. The van der Waals surface area contributed by atoms with Crippen LogP contribution in [0, 0.1) is 0 Å². The zero-order chi connectivity index (χ0) is 20.6. The highest BCUT2D eigenvalue weighted by Gasteiger charge is 2.22. The molecule has 1 saturated heterocycles. The fraction of sp³-hybridized carbons (Fsp3) is 0.364. The largest absolute Gasteiger partial charge is 0.495 e. The van der Waals surface area contributed by atoms with Gasteiger partial charge in [0.2, 0.25) is 5.91 Å². The number of benzene rings is 2. The lowest BCUT2D eigenvalue weighted by atomic mass is 10.2. The van der Waals surface area contributed by atoms with E-state index in [-0.39, 0.29) is 11.8 Å². The summed E-state index contributed by atoms with van der Waals surface area (Å²) in [6, 6.07) is 14.7. The van der Waals surface area contributed by atoms with Crippen LogP contribution in [0.25, 0.3) is 0 Å². The lowest BCUT2D eigenvalue weighted by molar-refractivity contribution is -0.131. The monoisotopic (exact) mass is 415 g/mol. The third-order valence-corrected chi connectivity index (χ3v) is 5.27. The average Bonchev–Trinajstić information content (AvgIpc) is 2.77.